The number of ether oxygens (including phenoxy) is 1. The van der Waals surface area contributed by atoms with Crippen LogP contribution in [0.5, 0.6) is 0 Å². The summed E-state index contributed by atoms with van der Waals surface area (Å²) in [4.78, 5) is 23.9. The third-order valence-corrected chi connectivity index (χ3v) is 3.84. The van der Waals surface area contributed by atoms with Crippen LogP contribution in [0.15, 0.2) is 0 Å². The molecule has 7 nitrogen and oxygen atoms in total. The zero-order chi connectivity index (χ0) is 14.9. The van der Waals surface area contributed by atoms with Gasteiger partial charge in [0.15, 0.2) is 0 Å². The third kappa shape index (κ3) is 2.40. The molecular weight excluding hydrogens is 262 g/mol. The number of carboxylic acids is 1. The summed E-state index contributed by atoms with van der Waals surface area (Å²) in [6.45, 7) is 4.18. The van der Waals surface area contributed by atoms with Gasteiger partial charge in [0.25, 0.3) is 5.91 Å². The lowest BCUT2D eigenvalue weighted by Crippen LogP contribution is -2.57. The average molecular weight is 281 g/mol. The van der Waals surface area contributed by atoms with Gasteiger partial charge in [0, 0.05) is 38.8 Å². The molecule has 0 unspecified atom stereocenters. The zero-order valence-corrected chi connectivity index (χ0v) is 11.9. The molecule has 1 saturated heterocycles. The SMILES string of the molecule is Cc1nn(C)c(C)c1C(=O)NC1(C(=O)O)CCOCC1. The summed E-state index contributed by atoms with van der Waals surface area (Å²) < 4.78 is 6.80. The Bertz CT molecular complexity index is 544. The van der Waals surface area contributed by atoms with Gasteiger partial charge in [-0.25, -0.2) is 4.79 Å². The van der Waals surface area contributed by atoms with Crippen molar-refractivity contribution in [3.63, 3.8) is 0 Å². The quantitative estimate of drug-likeness (QED) is 0.836. The van der Waals surface area contributed by atoms with E-state index in [1.807, 2.05) is 0 Å². The Labute approximate surface area is 116 Å². The van der Waals surface area contributed by atoms with Crippen molar-refractivity contribution < 1.29 is 19.4 Å². The Hall–Kier alpha value is -1.89. The number of nitrogens with one attached hydrogen (secondary N) is 1. The van der Waals surface area contributed by atoms with E-state index in [0.29, 0.717) is 30.2 Å². The maximum absolute atomic E-state index is 12.4. The second-order valence-electron chi connectivity index (χ2n) is 5.12. The Kier molecular flexibility index (Phi) is 3.80. The molecule has 7 heteroatoms. The molecule has 0 aliphatic carbocycles. The van der Waals surface area contributed by atoms with Crippen molar-refractivity contribution >= 4 is 11.9 Å². The largest absolute Gasteiger partial charge is 0.480 e. The molecule has 0 radical (unpaired) electrons. The minimum atomic E-state index is -1.25. The number of hydrogen-bond donors (Lipinski definition) is 2. The van der Waals surface area contributed by atoms with Crippen LogP contribution in [-0.4, -0.2) is 45.5 Å². The topological polar surface area (TPSA) is 93.5 Å². The predicted octanol–water partition coefficient (Wildman–Crippen LogP) is 0.401. The highest BCUT2D eigenvalue weighted by atomic mass is 16.5. The minimum Gasteiger partial charge on any atom is -0.480 e. The van der Waals surface area contributed by atoms with Gasteiger partial charge in [0.1, 0.15) is 5.54 Å². The Morgan fingerprint density at radius 3 is 2.40 bits per heavy atom. The molecule has 0 atom stereocenters. The summed E-state index contributed by atoms with van der Waals surface area (Å²) in [6, 6.07) is 0. The normalized spacial score (nSPS) is 17.8. The molecule has 2 N–H and O–H groups in total. The summed E-state index contributed by atoms with van der Waals surface area (Å²) in [5.74, 6) is -1.41. The van der Waals surface area contributed by atoms with Gasteiger partial charge in [0.05, 0.1) is 11.3 Å². The van der Waals surface area contributed by atoms with Gasteiger partial charge in [-0.1, -0.05) is 0 Å². The molecule has 1 amide bonds. The molecule has 20 heavy (non-hydrogen) atoms. The van der Waals surface area contributed by atoms with E-state index in [1.165, 1.54) is 0 Å². The molecule has 0 bridgehead atoms. The summed E-state index contributed by atoms with van der Waals surface area (Å²) in [5, 5.41) is 16.3. The molecule has 1 aromatic heterocycles. The highest BCUT2D eigenvalue weighted by molar-refractivity contribution is 5.99. The number of carbonyl (C=O) groups excluding carboxylic acids is 1. The maximum atomic E-state index is 12.4. The van der Waals surface area contributed by atoms with Gasteiger partial charge in [-0.05, 0) is 13.8 Å². The fourth-order valence-electron chi connectivity index (χ4n) is 2.49. The fourth-order valence-corrected chi connectivity index (χ4v) is 2.49. The summed E-state index contributed by atoms with van der Waals surface area (Å²) in [7, 11) is 1.75. The van der Waals surface area contributed by atoms with Crippen molar-refractivity contribution in [1.82, 2.24) is 15.1 Å². The molecular formula is C13H19N3O4. The van der Waals surface area contributed by atoms with Gasteiger partial charge in [-0.2, -0.15) is 5.10 Å². The van der Waals surface area contributed by atoms with E-state index in [4.69, 9.17) is 4.74 Å². The summed E-state index contributed by atoms with van der Waals surface area (Å²) in [5.41, 5.74) is 0.506. The molecule has 2 rings (SSSR count). The van der Waals surface area contributed by atoms with E-state index in [9.17, 15) is 14.7 Å². The molecule has 0 saturated carbocycles. The Balaban J connectivity index is 2.27. The number of aromatic nitrogens is 2. The van der Waals surface area contributed by atoms with Gasteiger partial charge in [0.2, 0.25) is 0 Å². The van der Waals surface area contributed by atoms with Crippen molar-refractivity contribution in [2.45, 2.75) is 32.2 Å². The third-order valence-electron chi connectivity index (χ3n) is 3.84. The highest BCUT2D eigenvalue weighted by Crippen LogP contribution is 2.23. The number of carboxylic acid groups (broad SMARTS) is 1. The van der Waals surface area contributed by atoms with Gasteiger partial charge in [-0.15, -0.1) is 0 Å². The van der Waals surface area contributed by atoms with Crippen LogP contribution in [0.2, 0.25) is 0 Å². The Morgan fingerprint density at radius 1 is 1.35 bits per heavy atom. The molecule has 2 heterocycles. The first-order valence-electron chi connectivity index (χ1n) is 6.51. The van der Waals surface area contributed by atoms with Crippen molar-refractivity contribution in [3.8, 4) is 0 Å². The van der Waals surface area contributed by atoms with Crippen LogP contribution in [0.25, 0.3) is 0 Å². The molecule has 110 valence electrons. The molecule has 1 aliphatic heterocycles. The van der Waals surface area contributed by atoms with E-state index >= 15 is 0 Å². The maximum Gasteiger partial charge on any atom is 0.329 e. The van der Waals surface area contributed by atoms with Crippen molar-refractivity contribution in [2.75, 3.05) is 13.2 Å². The van der Waals surface area contributed by atoms with Crippen molar-refractivity contribution in [2.24, 2.45) is 7.05 Å². The average Bonchev–Trinajstić information content (AvgIpc) is 2.64. The number of rotatable bonds is 3. The van der Waals surface area contributed by atoms with Crippen molar-refractivity contribution in [1.29, 1.82) is 0 Å². The number of aryl methyl sites for hydroxylation is 2. The number of hydrogen-bond acceptors (Lipinski definition) is 4. The Morgan fingerprint density at radius 2 is 1.95 bits per heavy atom. The second-order valence-corrected chi connectivity index (χ2v) is 5.12. The van der Waals surface area contributed by atoms with Crippen LogP contribution >= 0.6 is 0 Å². The van der Waals surface area contributed by atoms with Crippen LogP contribution in [0.3, 0.4) is 0 Å². The smallest absolute Gasteiger partial charge is 0.329 e. The fraction of sp³-hybridized carbons (Fsp3) is 0.615. The van der Waals surface area contributed by atoms with Crippen LogP contribution in [0.4, 0.5) is 0 Å². The van der Waals surface area contributed by atoms with E-state index in [1.54, 1.807) is 25.6 Å². The molecule has 0 aromatic carbocycles. The first-order chi connectivity index (χ1) is 9.37. The van der Waals surface area contributed by atoms with Gasteiger partial charge >= 0.3 is 5.97 Å². The first kappa shape index (κ1) is 14.5. The summed E-state index contributed by atoms with van der Waals surface area (Å²) >= 11 is 0. The molecule has 1 aliphatic rings. The van der Waals surface area contributed by atoms with E-state index < -0.39 is 17.4 Å². The molecule has 0 spiro atoms. The van der Waals surface area contributed by atoms with E-state index in [0.717, 1.165) is 0 Å². The predicted molar refractivity (Wildman–Crippen MR) is 70.6 cm³/mol. The molecule has 1 aromatic rings. The lowest BCUT2D eigenvalue weighted by molar-refractivity contribution is -0.148. The first-order valence-corrected chi connectivity index (χ1v) is 6.51. The van der Waals surface area contributed by atoms with Crippen molar-refractivity contribution in [3.05, 3.63) is 17.0 Å². The molecule has 1 fully saturated rings. The number of aliphatic carboxylic acids is 1. The van der Waals surface area contributed by atoms with Crippen LogP contribution < -0.4 is 5.32 Å². The standard InChI is InChI=1S/C13H19N3O4/c1-8-10(9(2)16(3)15-8)11(17)14-13(12(18)19)4-6-20-7-5-13/h4-7H2,1-3H3,(H,14,17)(H,18,19). The van der Waals surface area contributed by atoms with Crippen LogP contribution in [0, 0.1) is 13.8 Å². The number of carbonyl (C=O) groups is 2. The summed E-state index contributed by atoms with van der Waals surface area (Å²) in [6.07, 6.45) is 0.541. The number of amides is 1. The number of nitrogens with zero attached hydrogens (tertiary/aromatic N) is 2. The lowest BCUT2D eigenvalue weighted by atomic mass is 9.89. The van der Waals surface area contributed by atoms with Crippen LogP contribution in [0.1, 0.15) is 34.6 Å². The lowest BCUT2D eigenvalue weighted by Gasteiger charge is -2.33. The minimum absolute atomic E-state index is 0.270. The van der Waals surface area contributed by atoms with Crippen LogP contribution in [-0.2, 0) is 16.6 Å². The van der Waals surface area contributed by atoms with Gasteiger partial charge in [-0.3, -0.25) is 9.48 Å². The highest BCUT2D eigenvalue weighted by Gasteiger charge is 2.42. The van der Waals surface area contributed by atoms with Gasteiger partial charge < -0.3 is 15.2 Å². The second kappa shape index (κ2) is 5.24. The van der Waals surface area contributed by atoms with E-state index in [-0.39, 0.29) is 12.8 Å². The monoisotopic (exact) mass is 281 g/mol. The zero-order valence-electron chi connectivity index (χ0n) is 11.9. The van der Waals surface area contributed by atoms with E-state index in [2.05, 4.69) is 10.4 Å².